The number of rotatable bonds is 4. The van der Waals surface area contributed by atoms with Gasteiger partial charge in [-0.05, 0) is 37.1 Å². The Morgan fingerprint density at radius 1 is 1.17 bits per heavy atom. The molecule has 0 spiro atoms. The Kier molecular flexibility index (Phi) is 4.11. The van der Waals surface area contributed by atoms with Crippen LogP contribution >= 0.6 is 0 Å². The first-order valence-electron chi connectivity index (χ1n) is 7.55. The lowest BCUT2D eigenvalue weighted by atomic mass is 10.3. The maximum atomic E-state index is 12.6. The van der Waals surface area contributed by atoms with Gasteiger partial charge in [-0.2, -0.15) is 4.31 Å². The zero-order chi connectivity index (χ0) is 16.6. The molecule has 7 nitrogen and oxygen atoms in total. The van der Waals surface area contributed by atoms with Gasteiger partial charge in [-0.15, -0.1) is 0 Å². The monoisotopic (exact) mass is 337 g/mol. The Morgan fingerprint density at radius 3 is 2.35 bits per heavy atom. The molecule has 2 aliphatic rings. The van der Waals surface area contributed by atoms with Crippen LogP contribution in [0, 0.1) is 0 Å². The Bertz CT molecular complexity index is 726. The van der Waals surface area contributed by atoms with Gasteiger partial charge >= 0.3 is 0 Å². The Morgan fingerprint density at radius 2 is 1.83 bits per heavy atom. The Labute approximate surface area is 135 Å². The van der Waals surface area contributed by atoms with E-state index < -0.39 is 10.0 Å². The minimum atomic E-state index is -3.70. The highest BCUT2D eigenvalue weighted by molar-refractivity contribution is 7.89. The number of nitrogens with one attached hydrogen (secondary N) is 1. The van der Waals surface area contributed by atoms with Gasteiger partial charge in [-0.3, -0.25) is 9.59 Å². The van der Waals surface area contributed by atoms with E-state index in [2.05, 4.69) is 5.32 Å². The number of hydrogen-bond donors (Lipinski definition) is 1. The van der Waals surface area contributed by atoms with Crippen LogP contribution in [0.5, 0.6) is 0 Å². The fourth-order valence-corrected chi connectivity index (χ4v) is 4.09. The van der Waals surface area contributed by atoms with Crippen molar-refractivity contribution in [1.82, 2.24) is 9.21 Å². The summed E-state index contributed by atoms with van der Waals surface area (Å²) in [6, 6.07) is 6.27. The zero-order valence-electron chi connectivity index (χ0n) is 12.9. The van der Waals surface area contributed by atoms with Crippen LogP contribution in [0.1, 0.15) is 19.8 Å². The third-order valence-electron chi connectivity index (χ3n) is 4.02. The van der Waals surface area contributed by atoms with E-state index in [1.807, 2.05) is 0 Å². The molecule has 1 heterocycles. The molecule has 124 valence electrons. The summed E-state index contributed by atoms with van der Waals surface area (Å²) in [5.41, 5.74) is 0.533. The molecule has 1 aromatic carbocycles. The van der Waals surface area contributed by atoms with Gasteiger partial charge in [0.1, 0.15) is 0 Å². The highest BCUT2D eigenvalue weighted by atomic mass is 32.2. The van der Waals surface area contributed by atoms with Gasteiger partial charge in [0.15, 0.2) is 0 Å². The minimum absolute atomic E-state index is 0.105. The van der Waals surface area contributed by atoms with Crippen molar-refractivity contribution >= 4 is 27.5 Å². The maximum absolute atomic E-state index is 12.6. The van der Waals surface area contributed by atoms with Crippen molar-refractivity contribution in [1.29, 1.82) is 0 Å². The Hall–Kier alpha value is -1.93. The van der Waals surface area contributed by atoms with E-state index in [0.29, 0.717) is 24.8 Å². The fourth-order valence-electron chi connectivity index (χ4n) is 2.70. The third-order valence-corrected chi connectivity index (χ3v) is 5.88. The summed E-state index contributed by atoms with van der Waals surface area (Å²) in [6.45, 7) is 2.05. The van der Waals surface area contributed by atoms with Gasteiger partial charge in [0.2, 0.25) is 21.8 Å². The average Bonchev–Trinajstić information content (AvgIpc) is 3.31. The zero-order valence-corrected chi connectivity index (χ0v) is 13.7. The van der Waals surface area contributed by atoms with E-state index in [-0.39, 0.29) is 23.3 Å². The lowest BCUT2D eigenvalue weighted by molar-refractivity contribution is -0.134. The van der Waals surface area contributed by atoms with Crippen molar-refractivity contribution < 1.29 is 18.0 Å². The summed E-state index contributed by atoms with van der Waals surface area (Å²) in [5, 5.41) is 2.59. The molecule has 23 heavy (non-hydrogen) atoms. The van der Waals surface area contributed by atoms with Gasteiger partial charge in [-0.1, -0.05) is 0 Å². The number of sulfonamides is 1. The second-order valence-electron chi connectivity index (χ2n) is 5.86. The third kappa shape index (κ3) is 3.37. The van der Waals surface area contributed by atoms with Crippen molar-refractivity contribution in [2.75, 3.05) is 25.0 Å². The van der Waals surface area contributed by atoms with E-state index in [1.165, 1.54) is 35.5 Å². The number of carbonyl (C=O) groups excluding carboxylic acids is 2. The first-order chi connectivity index (χ1) is 10.9. The first kappa shape index (κ1) is 15.9. The van der Waals surface area contributed by atoms with Gasteiger partial charge in [-0.25, -0.2) is 8.42 Å². The van der Waals surface area contributed by atoms with Crippen molar-refractivity contribution in [3.8, 4) is 0 Å². The number of piperazine rings is 1. The number of carbonyl (C=O) groups is 2. The minimum Gasteiger partial charge on any atom is -0.337 e. The van der Waals surface area contributed by atoms with E-state index >= 15 is 0 Å². The molecule has 1 aliphatic heterocycles. The highest BCUT2D eigenvalue weighted by Crippen LogP contribution is 2.29. The topological polar surface area (TPSA) is 86.8 Å². The molecule has 2 fully saturated rings. The quantitative estimate of drug-likeness (QED) is 0.873. The number of anilines is 1. The number of amides is 2. The molecule has 0 unspecified atom stereocenters. The van der Waals surface area contributed by atoms with Gasteiger partial charge in [0.05, 0.1) is 11.4 Å². The van der Waals surface area contributed by atoms with Crippen molar-refractivity contribution in [3.63, 3.8) is 0 Å². The Balaban J connectivity index is 1.73. The fraction of sp³-hybridized carbons (Fsp3) is 0.467. The molecule has 1 N–H and O–H groups in total. The van der Waals surface area contributed by atoms with Gasteiger partial charge in [0, 0.05) is 31.7 Å². The van der Waals surface area contributed by atoms with E-state index in [4.69, 9.17) is 0 Å². The summed E-state index contributed by atoms with van der Waals surface area (Å²) in [7, 11) is -3.70. The van der Waals surface area contributed by atoms with E-state index in [9.17, 15) is 18.0 Å². The van der Waals surface area contributed by atoms with Crippen LogP contribution in [0.4, 0.5) is 5.69 Å². The van der Waals surface area contributed by atoms with Crippen LogP contribution in [-0.4, -0.2) is 55.1 Å². The lowest BCUT2D eigenvalue weighted by Gasteiger charge is -2.33. The number of hydrogen-bond acceptors (Lipinski definition) is 4. The van der Waals surface area contributed by atoms with E-state index in [1.54, 1.807) is 4.90 Å². The van der Waals surface area contributed by atoms with Crippen molar-refractivity contribution in [3.05, 3.63) is 24.3 Å². The lowest BCUT2D eigenvalue weighted by Crippen LogP contribution is -2.52. The summed E-state index contributed by atoms with van der Waals surface area (Å²) in [6.07, 6.45) is 2.03. The molecule has 0 aromatic heterocycles. The van der Waals surface area contributed by atoms with Crippen molar-refractivity contribution in [2.24, 2.45) is 0 Å². The molecule has 8 heteroatoms. The molecular formula is C15H19N3O4S. The summed E-state index contributed by atoms with van der Waals surface area (Å²) in [5.74, 6) is -0.348. The van der Waals surface area contributed by atoms with Crippen LogP contribution in [-0.2, 0) is 19.6 Å². The average molecular weight is 337 g/mol. The highest BCUT2D eigenvalue weighted by Gasteiger charge is 2.39. The molecule has 1 aromatic rings. The summed E-state index contributed by atoms with van der Waals surface area (Å²) < 4.78 is 26.5. The summed E-state index contributed by atoms with van der Waals surface area (Å²) >= 11 is 0. The van der Waals surface area contributed by atoms with Crippen molar-refractivity contribution in [2.45, 2.75) is 30.7 Å². The molecule has 3 rings (SSSR count). The molecule has 1 aliphatic carbocycles. The SMILES string of the molecule is CC(=O)Nc1ccc(S(=O)(=O)N2CCN(C3CC3)C(=O)C2)cc1. The molecule has 0 bridgehead atoms. The summed E-state index contributed by atoms with van der Waals surface area (Å²) in [4.78, 5) is 25.0. The molecular weight excluding hydrogens is 318 g/mol. The van der Waals surface area contributed by atoms with Crippen LogP contribution < -0.4 is 5.32 Å². The molecule has 0 atom stereocenters. The molecule has 1 saturated carbocycles. The normalized spacial score (nSPS) is 19.7. The molecule has 2 amide bonds. The van der Waals surface area contributed by atoms with Gasteiger partial charge < -0.3 is 10.2 Å². The standard InChI is InChI=1S/C15H19N3O4S/c1-11(19)16-12-2-6-14(7-3-12)23(21,22)17-8-9-18(13-4-5-13)15(20)10-17/h2-3,6-7,13H,4-5,8-10H2,1H3,(H,16,19). The van der Waals surface area contributed by atoms with Crippen LogP contribution in [0.25, 0.3) is 0 Å². The number of benzene rings is 1. The van der Waals surface area contributed by atoms with Crippen LogP contribution in [0.15, 0.2) is 29.2 Å². The number of nitrogens with zero attached hydrogens (tertiary/aromatic N) is 2. The molecule has 1 saturated heterocycles. The molecule has 0 radical (unpaired) electrons. The van der Waals surface area contributed by atoms with Crippen LogP contribution in [0.3, 0.4) is 0 Å². The van der Waals surface area contributed by atoms with Crippen LogP contribution in [0.2, 0.25) is 0 Å². The predicted octanol–water partition coefficient (Wildman–Crippen LogP) is 0.640. The van der Waals surface area contributed by atoms with E-state index in [0.717, 1.165) is 12.8 Å². The second-order valence-corrected chi connectivity index (χ2v) is 7.80. The predicted molar refractivity (Wildman–Crippen MR) is 84.2 cm³/mol. The second kappa shape index (κ2) is 5.93. The largest absolute Gasteiger partial charge is 0.337 e. The smallest absolute Gasteiger partial charge is 0.243 e. The van der Waals surface area contributed by atoms with Gasteiger partial charge in [0.25, 0.3) is 0 Å². The first-order valence-corrected chi connectivity index (χ1v) is 8.99. The maximum Gasteiger partial charge on any atom is 0.243 e.